The third-order valence-corrected chi connectivity index (χ3v) is 7.37. The van der Waals surface area contributed by atoms with Crippen LogP contribution in [0.4, 0.5) is 5.69 Å². The minimum Gasteiger partial charge on any atom is -0.438 e. The number of carbonyl (C=O) groups is 1. The van der Waals surface area contributed by atoms with Crippen LogP contribution in [0.2, 0.25) is 0 Å². The van der Waals surface area contributed by atoms with Gasteiger partial charge in [-0.1, -0.05) is 6.92 Å². The number of aromatic nitrogens is 2. The molecule has 12 heteroatoms. The van der Waals surface area contributed by atoms with Gasteiger partial charge in [-0.2, -0.15) is 9.40 Å². The zero-order chi connectivity index (χ0) is 23.6. The molecule has 0 aliphatic carbocycles. The van der Waals surface area contributed by atoms with Gasteiger partial charge in [-0.25, -0.2) is 13.1 Å². The summed E-state index contributed by atoms with van der Waals surface area (Å²) in [5.41, 5.74) is 0.232. The molecule has 1 aromatic carbocycles. The van der Waals surface area contributed by atoms with Gasteiger partial charge in [0.2, 0.25) is 15.9 Å². The largest absolute Gasteiger partial charge is 0.438 e. The predicted molar refractivity (Wildman–Crippen MR) is 116 cm³/mol. The lowest BCUT2D eigenvalue weighted by Gasteiger charge is -2.18. The first-order chi connectivity index (χ1) is 15.1. The van der Waals surface area contributed by atoms with E-state index in [4.69, 9.17) is 4.74 Å². The van der Waals surface area contributed by atoms with Crippen LogP contribution < -0.4 is 10.1 Å². The Bertz CT molecular complexity index is 1140. The molecule has 1 amide bonds. The van der Waals surface area contributed by atoms with Crippen molar-refractivity contribution in [1.82, 2.24) is 19.4 Å². The molecule has 0 saturated carbocycles. The number of sulfonamides is 1. The average Bonchev–Trinajstić information content (AvgIpc) is 3.38. The van der Waals surface area contributed by atoms with Gasteiger partial charge in [-0.3, -0.25) is 14.9 Å². The van der Waals surface area contributed by atoms with E-state index in [1.165, 1.54) is 21.1 Å². The van der Waals surface area contributed by atoms with E-state index in [1.54, 1.807) is 14.0 Å². The van der Waals surface area contributed by atoms with Gasteiger partial charge >= 0.3 is 0 Å². The van der Waals surface area contributed by atoms with Crippen molar-refractivity contribution < 1.29 is 22.9 Å². The molecule has 1 aromatic heterocycles. The standard InChI is InChI=1S/C20H27N5O6S/c1-5-13(2)21-19(26)18-14(3)20(23(4)22-18)31-16-9-8-15(25(27)28)12-17(16)32(29,30)24-10-6-7-11-24/h8-9,12-13H,5-7,10-11H2,1-4H3,(H,21,26)/t13-/m1/s1. The summed E-state index contributed by atoms with van der Waals surface area (Å²) in [4.78, 5) is 22.9. The van der Waals surface area contributed by atoms with Crippen molar-refractivity contribution >= 4 is 21.6 Å². The molecule has 3 rings (SSSR count). The van der Waals surface area contributed by atoms with E-state index in [0.717, 1.165) is 25.3 Å². The Morgan fingerprint density at radius 2 is 2.00 bits per heavy atom. The molecule has 1 aliphatic heterocycles. The summed E-state index contributed by atoms with van der Waals surface area (Å²) in [5, 5.41) is 18.3. The molecule has 32 heavy (non-hydrogen) atoms. The molecule has 0 spiro atoms. The molecular weight excluding hydrogens is 438 g/mol. The normalized spacial score (nSPS) is 15.5. The van der Waals surface area contributed by atoms with E-state index in [0.29, 0.717) is 18.7 Å². The van der Waals surface area contributed by atoms with Crippen molar-refractivity contribution in [1.29, 1.82) is 0 Å². The van der Waals surface area contributed by atoms with Crippen LogP contribution in [0.25, 0.3) is 0 Å². The number of aryl methyl sites for hydroxylation is 1. The van der Waals surface area contributed by atoms with Crippen LogP contribution >= 0.6 is 0 Å². The summed E-state index contributed by atoms with van der Waals surface area (Å²) >= 11 is 0. The van der Waals surface area contributed by atoms with Crippen LogP contribution in [0.1, 0.15) is 49.2 Å². The summed E-state index contributed by atoms with van der Waals surface area (Å²) in [7, 11) is -2.43. The quantitative estimate of drug-likeness (QED) is 0.467. The van der Waals surface area contributed by atoms with Crippen LogP contribution in [-0.2, 0) is 17.1 Å². The topological polar surface area (TPSA) is 137 Å². The number of nitrogens with zero attached hydrogens (tertiary/aromatic N) is 4. The van der Waals surface area contributed by atoms with Crippen molar-refractivity contribution in [2.24, 2.45) is 7.05 Å². The number of non-ortho nitro benzene ring substituents is 1. The van der Waals surface area contributed by atoms with Crippen LogP contribution in [-0.4, -0.2) is 52.5 Å². The van der Waals surface area contributed by atoms with E-state index < -0.39 is 14.9 Å². The summed E-state index contributed by atoms with van der Waals surface area (Å²) in [6.07, 6.45) is 2.20. The fourth-order valence-corrected chi connectivity index (χ4v) is 5.09. The van der Waals surface area contributed by atoms with E-state index in [2.05, 4.69) is 10.4 Å². The Kier molecular flexibility index (Phi) is 6.84. The zero-order valence-corrected chi connectivity index (χ0v) is 19.3. The number of rotatable bonds is 8. The number of amides is 1. The molecule has 1 saturated heterocycles. The van der Waals surface area contributed by atoms with Crippen molar-refractivity contribution in [3.63, 3.8) is 0 Å². The number of hydrogen-bond acceptors (Lipinski definition) is 7. The monoisotopic (exact) mass is 465 g/mol. The van der Waals surface area contributed by atoms with Gasteiger partial charge in [0, 0.05) is 43.9 Å². The number of nitrogens with one attached hydrogen (secondary N) is 1. The molecule has 1 fully saturated rings. The van der Waals surface area contributed by atoms with Crippen molar-refractivity contribution in [2.45, 2.75) is 51.0 Å². The molecule has 0 unspecified atom stereocenters. The average molecular weight is 466 g/mol. The maximum absolute atomic E-state index is 13.2. The van der Waals surface area contributed by atoms with Crippen LogP contribution in [0.15, 0.2) is 23.1 Å². The lowest BCUT2D eigenvalue weighted by Crippen LogP contribution is -2.32. The Morgan fingerprint density at radius 3 is 2.59 bits per heavy atom. The van der Waals surface area contributed by atoms with Crippen molar-refractivity contribution in [3.05, 3.63) is 39.6 Å². The zero-order valence-electron chi connectivity index (χ0n) is 18.5. The second kappa shape index (κ2) is 9.25. The number of hydrogen-bond donors (Lipinski definition) is 1. The molecule has 1 aliphatic rings. The molecule has 0 bridgehead atoms. The molecule has 0 radical (unpaired) electrons. The van der Waals surface area contributed by atoms with Crippen LogP contribution in [0.5, 0.6) is 11.6 Å². The number of ether oxygens (including phenoxy) is 1. The lowest BCUT2D eigenvalue weighted by atomic mass is 10.2. The minimum absolute atomic E-state index is 0.0415. The highest BCUT2D eigenvalue weighted by Crippen LogP contribution is 2.36. The van der Waals surface area contributed by atoms with Crippen LogP contribution in [0, 0.1) is 17.0 Å². The Morgan fingerprint density at radius 1 is 1.34 bits per heavy atom. The highest BCUT2D eigenvalue weighted by atomic mass is 32.2. The molecule has 1 N–H and O–H groups in total. The first-order valence-electron chi connectivity index (χ1n) is 10.4. The first-order valence-corrected chi connectivity index (χ1v) is 11.8. The fraction of sp³-hybridized carbons (Fsp3) is 0.500. The van der Waals surface area contributed by atoms with Gasteiger partial charge in [-0.15, -0.1) is 0 Å². The third kappa shape index (κ3) is 4.60. The third-order valence-electron chi connectivity index (χ3n) is 5.45. The maximum Gasteiger partial charge on any atom is 0.272 e. The van der Waals surface area contributed by atoms with E-state index >= 15 is 0 Å². The van der Waals surface area contributed by atoms with Crippen LogP contribution in [0.3, 0.4) is 0 Å². The Labute approximate surface area is 186 Å². The molecule has 11 nitrogen and oxygen atoms in total. The van der Waals surface area contributed by atoms with Gasteiger partial charge in [0.15, 0.2) is 5.69 Å². The molecule has 2 heterocycles. The molecule has 174 valence electrons. The predicted octanol–water partition coefficient (Wildman–Crippen LogP) is 2.74. The SMILES string of the molecule is CC[C@@H](C)NC(=O)c1nn(C)c(Oc2ccc([N+](=O)[O-])cc2S(=O)(=O)N2CCCC2)c1C. The highest BCUT2D eigenvalue weighted by Gasteiger charge is 2.32. The number of benzene rings is 1. The smallest absolute Gasteiger partial charge is 0.272 e. The van der Waals surface area contributed by atoms with Gasteiger partial charge < -0.3 is 10.1 Å². The van der Waals surface area contributed by atoms with E-state index in [9.17, 15) is 23.3 Å². The van der Waals surface area contributed by atoms with Gasteiger partial charge in [0.25, 0.3) is 11.6 Å². The first kappa shape index (κ1) is 23.7. The highest BCUT2D eigenvalue weighted by molar-refractivity contribution is 7.89. The Balaban J connectivity index is 2.02. The Hall–Kier alpha value is -2.99. The van der Waals surface area contributed by atoms with E-state index in [-0.39, 0.29) is 39.9 Å². The summed E-state index contributed by atoms with van der Waals surface area (Å²) in [5.74, 6) is -0.260. The lowest BCUT2D eigenvalue weighted by molar-refractivity contribution is -0.385. The number of carbonyl (C=O) groups excluding carboxylic acids is 1. The summed E-state index contributed by atoms with van der Waals surface area (Å²) in [6.45, 7) is 6.15. The van der Waals surface area contributed by atoms with Crippen molar-refractivity contribution in [3.8, 4) is 11.6 Å². The summed E-state index contributed by atoms with van der Waals surface area (Å²) in [6, 6.07) is 3.40. The summed E-state index contributed by atoms with van der Waals surface area (Å²) < 4.78 is 34.9. The maximum atomic E-state index is 13.2. The van der Waals surface area contributed by atoms with E-state index in [1.807, 2.05) is 13.8 Å². The molecule has 2 aromatic rings. The second-order valence-electron chi connectivity index (χ2n) is 7.79. The number of nitro groups is 1. The second-order valence-corrected chi connectivity index (χ2v) is 9.69. The van der Waals surface area contributed by atoms with Crippen molar-refractivity contribution in [2.75, 3.05) is 13.1 Å². The molecular formula is C20H27N5O6S. The fourth-order valence-electron chi connectivity index (χ4n) is 3.43. The number of nitro benzene ring substituents is 1. The van der Waals surface area contributed by atoms with Gasteiger partial charge in [0.1, 0.15) is 10.6 Å². The van der Waals surface area contributed by atoms with Gasteiger partial charge in [-0.05, 0) is 39.2 Å². The van der Waals surface area contributed by atoms with Gasteiger partial charge in [0.05, 0.1) is 4.92 Å². The molecule has 1 atom stereocenters. The minimum atomic E-state index is -4.01.